The Balaban J connectivity index is 0.000000337. The van der Waals surface area contributed by atoms with Crippen molar-refractivity contribution in [1.29, 1.82) is 0 Å². The Hall–Kier alpha value is -1.06. The smallest absolute Gasteiger partial charge is 0.0786 e. The topological polar surface area (TPSA) is 62.6 Å². The molecule has 0 radical (unpaired) electrons. The molecule has 2 unspecified atom stereocenters. The zero-order valence-electron chi connectivity index (χ0n) is 24.9. The Morgan fingerprint density at radius 3 is 2.24 bits per heavy atom. The van der Waals surface area contributed by atoms with E-state index < -0.39 is 0 Å². The number of rotatable bonds is 7. The number of dihydropyridines is 1. The second-order valence-electron chi connectivity index (χ2n) is 11.1. The highest BCUT2D eigenvalue weighted by Crippen LogP contribution is 2.45. The van der Waals surface area contributed by atoms with Gasteiger partial charge in [0.05, 0.1) is 6.04 Å². The first-order chi connectivity index (χ1) is 17.5. The normalized spacial score (nSPS) is 22.3. The van der Waals surface area contributed by atoms with Crippen LogP contribution in [0.25, 0.3) is 0 Å². The SMILES string of the molecule is CCC(C)NCC1(C2CCCCC2)CCN(C)CC1.CCC1=N[C@H](c2ccccc2)CC=C1.CCP.N. The molecule has 1 aromatic carbocycles. The summed E-state index contributed by atoms with van der Waals surface area (Å²) in [6, 6.07) is 11.5. The molecule has 2 heterocycles. The third-order valence-electron chi connectivity index (χ3n) is 8.41. The molecule has 1 aliphatic carbocycles. The molecule has 0 amide bonds. The number of likely N-dealkylation sites (tertiary alicyclic amines) is 1. The van der Waals surface area contributed by atoms with E-state index in [9.17, 15) is 0 Å². The van der Waals surface area contributed by atoms with Crippen LogP contribution in [0, 0.1) is 11.3 Å². The molecule has 4 N–H and O–H groups in total. The van der Waals surface area contributed by atoms with Crippen LogP contribution in [0.5, 0.6) is 0 Å². The number of aliphatic imine (C=N–C) groups is 1. The fraction of sp³-hybridized carbons (Fsp3) is 0.719. The standard InChI is InChI=1S/C17H34N2.C13H15N.C2H7P.H3N/c1-4-15(2)18-14-17(10-12-19(3)13-11-17)16-8-6-5-7-9-16;1-2-12-9-6-10-13(14-12)11-7-4-3-5-8-11;1-2-3;/h15-16,18H,4-14H2,1-3H3;3-9,13H,2,10H2,1H3;2-3H2,1H3;1H3/t;13-;;/m.0../s1. The lowest BCUT2D eigenvalue weighted by atomic mass is 9.63. The minimum atomic E-state index is 0. The van der Waals surface area contributed by atoms with E-state index in [-0.39, 0.29) is 6.15 Å². The summed E-state index contributed by atoms with van der Waals surface area (Å²) in [7, 11) is 4.86. The molecule has 1 saturated heterocycles. The number of nitrogens with zero attached hydrogens (tertiary/aromatic N) is 2. The monoisotopic (exact) mass is 530 g/mol. The van der Waals surface area contributed by atoms with E-state index in [0.29, 0.717) is 17.5 Å². The second kappa shape index (κ2) is 19.1. The second-order valence-corrected chi connectivity index (χ2v) is 12.0. The lowest BCUT2D eigenvalue weighted by Gasteiger charge is -2.48. The highest BCUT2D eigenvalue weighted by Gasteiger charge is 2.40. The van der Waals surface area contributed by atoms with Crippen molar-refractivity contribution in [3.8, 4) is 0 Å². The number of nitrogens with one attached hydrogen (secondary N) is 1. The zero-order chi connectivity index (χ0) is 26.2. The number of piperidine rings is 1. The quantitative estimate of drug-likeness (QED) is 0.349. The van der Waals surface area contributed by atoms with E-state index >= 15 is 0 Å². The van der Waals surface area contributed by atoms with Gasteiger partial charge in [-0.3, -0.25) is 4.99 Å². The van der Waals surface area contributed by atoms with Crippen LogP contribution >= 0.6 is 9.24 Å². The van der Waals surface area contributed by atoms with Gasteiger partial charge in [0, 0.05) is 18.3 Å². The Labute approximate surface area is 232 Å². The lowest BCUT2D eigenvalue weighted by Crippen LogP contribution is -2.50. The maximum Gasteiger partial charge on any atom is 0.0786 e. The van der Waals surface area contributed by atoms with Crippen molar-refractivity contribution >= 4 is 15.0 Å². The van der Waals surface area contributed by atoms with Gasteiger partial charge in [-0.1, -0.05) is 76.4 Å². The number of hydrogen-bond donors (Lipinski definition) is 2. The molecular formula is C32H59N4P. The molecule has 2 aliphatic heterocycles. The van der Waals surface area contributed by atoms with Crippen LogP contribution in [-0.2, 0) is 0 Å². The van der Waals surface area contributed by atoms with E-state index in [1.807, 2.05) is 6.07 Å². The van der Waals surface area contributed by atoms with Gasteiger partial charge in [0.15, 0.2) is 0 Å². The average Bonchev–Trinajstić information content (AvgIpc) is 2.94. The summed E-state index contributed by atoms with van der Waals surface area (Å²) in [6.07, 6.45) is 19.1. The zero-order valence-corrected chi connectivity index (χ0v) is 26.0. The highest BCUT2D eigenvalue weighted by atomic mass is 31.0. The van der Waals surface area contributed by atoms with E-state index in [0.717, 1.165) is 18.8 Å². The predicted octanol–water partition coefficient (Wildman–Crippen LogP) is 8.25. The van der Waals surface area contributed by atoms with Crippen LogP contribution in [0.4, 0.5) is 0 Å². The molecule has 1 aromatic rings. The summed E-state index contributed by atoms with van der Waals surface area (Å²) >= 11 is 0. The largest absolute Gasteiger partial charge is 0.344 e. The van der Waals surface area contributed by atoms with Crippen molar-refractivity contribution in [1.82, 2.24) is 16.4 Å². The van der Waals surface area contributed by atoms with Gasteiger partial charge in [-0.15, -0.1) is 9.24 Å². The van der Waals surface area contributed by atoms with Gasteiger partial charge >= 0.3 is 0 Å². The minimum absolute atomic E-state index is 0. The first kappa shape index (κ1) is 34.0. The Bertz CT molecular complexity index is 749. The third kappa shape index (κ3) is 11.7. The minimum Gasteiger partial charge on any atom is -0.344 e. The molecule has 4 nitrogen and oxygen atoms in total. The fourth-order valence-electron chi connectivity index (χ4n) is 5.75. The van der Waals surface area contributed by atoms with Crippen LogP contribution in [-0.4, -0.2) is 49.5 Å². The van der Waals surface area contributed by atoms with Gasteiger partial charge in [0.1, 0.15) is 0 Å². The summed E-state index contributed by atoms with van der Waals surface area (Å²) < 4.78 is 0. The Kier molecular flexibility index (Phi) is 17.5. The summed E-state index contributed by atoms with van der Waals surface area (Å²) in [6.45, 7) is 12.7. The molecule has 4 rings (SSSR count). The molecule has 37 heavy (non-hydrogen) atoms. The highest BCUT2D eigenvalue weighted by molar-refractivity contribution is 7.16. The first-order valence-corrected chi connectivity index (χ1v) is 15.7. The number of allylic oxidation sites excluding steroid dienone is 1. The Morgan fingerprint density at radius 2 is 1.68 bits per heavy atom. The van der Waals surface area contributed by atoms with Gasteiger partial charge < -0.3 is 16.4 Å². The summed E-state index contributed by atoms with van der Waals surface area (Å²) in [5, 5.41) is 3.84. The first-order valence-electron chi connectivity index (χ1n) is 14.9. The molecule has 212 valence electrons. The Morgan fingerprint density at radius 1 is 1.05 bits per heavy atom. The number of benzene rings is 1. The molecule has 0 spiro atoms. The van der Waals surface area contributed by atoms with Crippen LogP contribution < -0.4 is 11.5 Å². The van der Waals surface area contributed by atoms with Gasteiger partial charge in [-0.25, -0.2) is 0 Å². The molecule has 0 aromatic heterocycles. The molecule has 3 aliphatic rings. The molecule has 2 fully saturated rings. The third-order valence-corrected chi connectivity index (χ3v) is 8.41. The van der Waals surface area contributed by atoms with Crippen LogP contribution in [0.15, 0.2) is 47.5 Å². The summed E-state index contributed by atoms with van der Waals surface area (Å²) in [5.41, 5.74) is 3.14. The molecular weight excluding hydrogens is 471 g/mol. The predicted molar refractivity (Wildman–Crippen MR) is 169 cm³/mol. The molecule has 3 atom stereocenters. The van der Waals surface area contributed by atoms with E-state index in [4.69, 9.17) is 4.99 Å². The summed E-state index contributed by atoms with van der Waals surface area (Å²) in [5.74, 6) is 0.992. The van der Waals surface area contributed by atoms with Crippen LogP contribution in [0.2, 0.25) is 0 Å². The van der Waals surface area contributed by atoms with E-state index in [2.05, 4.69) is 90.6 Å². The van der Waals surface area contributed by atoms with E-state index in [1.165, 1.54) is 88.4 Å². The van der Waals surface area contributed by atoms with Gasteiger partial charge in [0.25, 0.3) is 0 Å². The van der Waals surface area contributed by atoms with E-state index in [1.54, 1.807) is 0 Å². The van der Waals surface area contributed by atoms with Crippen molar-refractivity contribution in [2.75, 3.05) is 32.8 Å². The molecule has 5 heteroatoms. The number of hydrogen-bond acceptors (Lipinski definition) is 4. The van der Waals surface area contributed by atoms with Gasteiger partial charge in [-0.05, 0) is 101 Å². The lowest BCUT2D eigenvalue weighted by molar-refractivity contribution is 0.0357. The molecule has 0 bridgehead atoms. The van der Waals surface area contributed by atoms with Crippen molar-refractivity contribution < 1.29 is 0 Å². The van der Waals surface area contributed by atoms with Crippen molar-refractivity contribution in [2.24, 2.45) is 16.3 Å². The van der Waals surface area contributed by atoms with Crippen LogP contribution in [0.1, 0.15) is 104 Å². The molecule has 1 saturated carbocycles. The van der Waals surface area contributed by atoms with Crippen molar-refractivity contribution in [3.63, 3.8) is 0 Å². The fourth-order valence-corrected chi connectivity index (χ4v) is 5.75. The van der Waals surface area contributed by atoms with Gasteiger partial charge in [-0.2, -0.15) is 0 Å². The summed E-state index contributed by atoms with van der Waals surface area (Å²) in [4.78, 5) is 7.22. The van der Waals surface area contributed by atoms with Gasteiger partial charge in [0.2, 0.25) is 0 Å². The average molecular weight is 531 g/mol. The van der Waals surface area contributed by atoms with Crippen LogP contribution in [0.3, 0.4) is 0 Å². The van der Waals surface area contributed by atoms with Crippen molar-refractivity contribution in [2.45, 2.75) is 104 Å². The maximum absolute atomic E-state index is 4.70. The van der Waals surface area contributed by atoms with Crippen molar-refractivity contribution in [3.05, 3.63) is 48.0 Å². The maximum atomic E-state index is 4.70.